The quantitative estimate of drug-likeness (QED) is 0.0204. The van der Waals surface area contributed by atoms with Crippen LogP contribution in [0.5, 0.6) is 0 Å². The normalized spacial score (nSPS) is 22.7. The third kappa shape index (κ3) is 45.9. The van der Waals surface area contributed by atoms with Crippen LogP contribution in [-0.2, 0) is 23.7 Å². The number of carbonyl (C=O) groups excluding carboxylic acids is 1. The summed E-state index contributed by atoms with van der Waals surface area (Å²) in [6.45, 7) is 2.85. The molecule has 2 saturated heterocycles. The van der Waals surface area contributed by atoms with Gasteiger partial charge in [0, 0.05) is 6.42 Å². The number of hydrogen-bond acceptors (Lipinski definition) is 13. The van der Waals surface area contributed by atoms with E-state index >= 15 is 0 Å². The summed E-state index contributed by atoms with van der Waals surface area (Å²) in [6, 6.07) is -0.930. The van der Waals surface area contributed by atoms with Gasteiger partial charge in [-0.15, -0.1) is 0 Å². The monoisotopic (exact) mass is 1310 g/mol. The minimum Gasteiger partial charge on any atom is -0.394 e. The van der Waals surface area contributed by atoms with Crippen LogP contribution in [0.15, 0.2) is 24.3 Å². The second-order valence-electron chi connectivity index (χ2n) is 28.2. The lowest BCUT2D eigenvalue weighted by molar-refractivity contribution is -0.359. The molecule has 2 fully saturated rings. The van der Waals surface area contributed by atoms with Gasteiger partial charge in [0.05, 0.1) is 32.0 Å². The Morgan fingerprint density at radius 3 is 1.07 bits per heavy atom. The van der Waals surface area contributed by atoms with Gasteiger partial charge in [0.15, 0.2) is 12.6 Å². The van der Waals surface area contributed by atoms with Gasteiger partial charge in [-0.25, -0.2) is 0 Å². The van der Waals surface area contributed by atoms with Crippen molar-refractivity contribution in [2.45, 2.75) is 447 Å². The van der Waals surface area contributed by atoms with E-state index in [1.165, 1.54) is 308 Å². The molecule has 9 N–H and O–H groups in total. The predicted molar refractivity (Wildman–Crippen MR) is 378 cm³/mol. The summed E-state index contributed by atoms with van der Waals surface area (Å²) in [4.78, 5) is 13.4. The van der Waals surface area contributed by atoms with E-state index in [0.717, 1.165) is 32.1 Å². The number of hydrogen-bond donors (Lipinski definition) is 9. The molecule has 0 radical (unpaired) electrons. The van der Waals surface area contributed by atoms with Crippen LogP contribution >= 0.6 is 0 Å². The van der Waals surface area contributed by atoms with Crippen LogP contribution in [0.4, 0.5) is 0 Å². The molecule has 544 valence electrons. The Labute approximate surface area is 564 Å². The summed E-state index contributed by atoms with van der Waals surface area (Å²) in [5.41, 5.74) is 0. The number of nitrogens with one attached hydrogen (secondary N) is 1. The van der Waals surface area contributed by atoms with E-state index in [0.29, 0.717) is 12.8 Å². The molecular formula is C78H149NO13. The molecule has 0 spiro atoms. The van der Waals surface area contributed by atoms with E-state index in [1.807, 2.05) is 6.08 Å². The zero-order valence-electron chi connectivity index (χ0n) is 59.6. The van der Waals surface area contributed by atoms with Gasteiger partial charge >= 0.3 is 0 Å². The molecule has 14 heteroatoms. The Morgan fingerprint density at radius 1 is 0.380 bits per heavy atom. The fourth-order valence-electron chi connectivity index (χ4n) is 13.4. The molecule has 12 unspecified atom stereocenters. The Hall–Kier alpha value is -1.53. The van der Waals surface area contributed by atoms with Crippen LogP contribution < -0.4 is 5.32 Å². The lowest BCUT2D eigenvalue weighted by Gasteiger charge is -2.46. The second-order valence-corrected chi connectivity index (χ2v) is 28.2. The number of amides is 1. The van der Waals surface area contributed by atoms with Gasteiger partial charge in [-0.2, -0.15) is 0 Å². The van der Waals surface area contributed by atoms with Crippen LogP contribution in [0.25, 0.3) is 0 Å². The molecular weight excluding hydrogens is 1160 g/mol. The van der Waals surface area contributed by atoms with Crippen LogP contribution in [-0.4, -0.2) is 140 Å². The summed E-state index contributed by atoms with van der Waals surface area (Å²) in [6.07, 6.45) is 64.1. The molecule has 0 aromatic rings. The molecule has 2 aliphatic rings. The summed E-state index contributed by atoms with van der Waals surface area (Å²) in [5, 5.41) is 87.6. The molecule has 92 heavy (non-hydrogen) atoms. The molecule has 2 aliphatic heterocycles. The summed E-state index contributed by atoms with van der Waals surface area (Å²) >= 11 is 0. The van der Waals surface area contributed by atoms with E-state index < -0.39 is 86.8 Å². The first-order valence-corrected chi connectivity index (χ1v) is 39.6. The lowest BCUT2D eigenvalue weighted by Crippen LogP contribution is -2.65. The Kier molecular flexibility index (Phi) is 59.2. The number of allylic oxidation sites excluding steroid dienone is 3. The van der Waals surface area contributed by atoms with Crippen LogP contribution in [0.2, 0.25) is 0 Å². The third-order valence-corrected chi connectivity index (χ3v) is 19.6. The Balaban J connectivity index is 1.63. The average molecular weight is 1310 g/mol. The molecule has 12 atom stereocenters. The molecule has 0 bridgehead atoms. The van der Waals surface area contributed by atoms with Gasteiger partial charge in [0.1, 0.15) is 48.8 Å². The highest BCUT2D eigenvalue weighted by atomic mass is 16.7. The SMILES string of the molecule is CCCCCCCCCCCCCCCCCCCCCC/C=C/CC/C=C/C(O)C(COC1OC(CO)C(OC2OC(CO)C(O)C(O)C2O)C(O)C1O)NC(=O)CCCCCCCCCCCCCCCCCCCCCCCCCCCCCCCCCC. The largest absolute Gasteiger partial charge is 0.394 e. The maximum absolute atomic E-state index is 13.4. The first-order valence-electron chi connectivity index (χ1n) is 39.6. The fraction of sp³-hybridized carbons (Fsp3) is 0.936. The minimum absolute atomic E-state index is 0.240. The summed E-state index contributed by atoms with van der Waals surface area (Å²) < 4.78 is 22.9. The van der Waals surface area contributed by atoms with Crippen molar-refractivity contribution in [3.63, 3.8) is 0 Å². The number of carbonyl (C=O) groups is 1. The van der Waals surface area contributed by atoms with E-state index in [1.54, 1.807) is 6.08 Å². The van der Waals surface area contributed by atoms with Crippen LogP contribution in [0.3, 0.4) is 0 Å². The lowest BCUT2D eigenvalue weighted by atomic mass is 9.97. The molecule has 2 rings (SSSR count). The minimum atomic E-state index is -1.79. The highest BCUT2D eigenvalue weighted by Crippen LogP contribution is 2.30. The number of rotatable bonds is 67. The zero-order valence-corrected chi connectivity index (χ0v) is 59.6. The first-order chi connectivity index (χ1) is 45.1. The number of ether oxygens (including phenoxy) is 4. The van der Waals surface area contributed by atoms with Crippen molar-refractivity contribution >= 4 is 5.91 Å². The van der Waals surface area contributed by atoms with E-state index in [9.17, 15) is 45.6 Å². The maximum Gasteiger partial charge on any atom is 0.220 e. The van der Waals surface area contributed by atoms with Crippen molar-refractivity contribution in [3.8, 4) is 0 Å². The molecule has 0 aromatic carbocycles. The average Bonchev–Trinajstić information content (AvgIpc) is 0.864. The smallest absolute Gasteiger partial charge is 0.220 e. The second kappa shape index (κ2) is 63.0. The topological polar surface area (TPSA) is 228 Å². The predicted octanol–water partition coefficient (Wildman–Crippen LogP) is 17.5. The van der Waals surface area contributed by atoms with Gasteiger partial charge in [0.25, 0.3) is 0 Å². The van der Waals surface area contributed by atoms with Crippen molar-refractivity contribution in [1.82, 2.24) is 5.32 Å². The number of aliphatic hydroxyl groups is 8. The third-order valence-electron chi connectivity index (χ3n) is 19.6. The molecule has 0 saturated carbocycles. The van der Waals surface area contributed by atoms with Gasteiger partial charge in [-0.1, -0.05) is 359 Å². The molecule has 1 amide bonds. The first kappa shape index (κ1) is 86.6. The Bertz CT molecular complexity index is 1640. The van der Waals surface area contributed by atoms with Crippen molar-refractivity contribution < 1.29 is 64.6 Å². The van der Waals surface area contributed by atoms with Gasteiger partial charge in [-0.05, 0) is 32.1 Å². The van der Waals surface area contributed by atoms with Gasteiger partial charge in [-0.3, -0.25) is 4.79 Å². The van der Waals surface area contributed by atoms with E-state index in [-0.39, 0.29) is 18.9 Å². The van der Waals surface area contributed by atoms with Crippen molar-refractivity contribution in [1.29, 1.82) is 0 Å². The number of aliphatic hydroxyl groups excluding tert-OH is 8. The number of unbranched alkanes of at least 4 members (excludes halogenated alkanes) is 52. The van der Waals surface area contributed by atoms with Crippen LogP contribution in [0, 0.1) is 0 Å². The van der Waals surface area contributed by atoms with Crippen LogP contribution in [0.1, 0.15) is 373 Å². The zero-order chi connectivity index (χ0) is 66.6. The Morgan fingerprint density at radius 2 is 0.696 bits per heavy atom. The fourth-order valence-corrected chi connectivity index (χ4v) is 13.4. The highest BCUT2D eigenvalue weighted by molar-refractivity contribution is 5.76. The van der Waals surface area contributed by atoms with Crippen molar-refractivity contribution in [2.75, 3.05) is 19.8 Å². The van der Waals surface area contributed by atoms with Gasteiger partial charge in [0.2, 0.25) is 5.91 Å². The van der Waals surface area contributed by atoms with E-state index in [4.69, 9.17) is 18.9 Å². The van der Waals surface area contributed by atoms with Crippen molar-refractivity contribution in [2.24, 2.45) is 0 Å². The summed E-state index contributed by atoms with van der Waals surface area (Å²) in [7, 11) is 0. The molecule has 14 nitrogen and oxygen atoms in total. The molecule has 0 aliphatic carbocycles. The maximum atomic E-state index is 13.4. The van der Waals surface area contributed by atoms with E-state index in [2.05, 4.69) is 31.3 Å². The highest BCUT2D eigenvalue weighted by Gasteiger charge is 2.51. The standard InChI is InChI=1S/C78H149NO13/c1-3-5-7-9-11-13-15-17-19-21-23-25-27-29-31-32-33-34-35-36-38-40-42-44-46-48-50-52-54-56-58-60-62-70(83)79-66(65-89-77-75(88)73(86)76(69(64-81)91-77)92-78-74(87)72(85)71(84)68(63-80)90-78)67(82)61-59-57-55-53-51-49-47-45-43-41-39-37-30-28-26-24-22-20-18-16-14-12-10-8-6-4-2/h51,53,59,61,66-69,71-78,80-82,84-88H,3-50,52,54-58,60,62-65H2,1-2H3,(H,79,83)/b53-51+,61-59+. The summed E-state index contributed by atoms with van der Waals surface area (Å²) in [5.74, 6) is -0.240. The van der Waals surface area contributed by atoms with Crippen molar-refractivity contribution in [3.05, 3.63) is 24.3 Å². The molecule has 0 aromatic heterocycles. The van der Waals surface area contributed by atoms with Gasteiger partial charge < -0.3 is 65.1 Å². The molecule has 2 heterocycles.